The molecule has 11 nitrogen and oxygen atoms in total. The Bertz CT molecular complexity index is 995. The van der Waals surface area contributed by atoms with Crippen LogP contribution in [0.4, 0.5) is 5.82 Å². The molecule has 0 bridgehead atoms. The van der Waals surface area contributed by atoms with E-state index in [4.69, 9.17) is 10.5 Å². The van der Waals surface area contributed by atoms with Gasteiger partial charge in [-0.2, -0.15) is 0 Å². The van der Waals surface area contributed by atoms with Crippen LogP contribution in [0.15, 0.2) is 37.1 Å². The number of aliphatic hydroxyl groups excluding tert-OH is 1. The number of rotatable bonds is 6. The molecule has 152 valence electrons. The van der Waals surface area contributed by atoms with Crippen LogP contribution in [0.25, 0.3) is 11.2 Å². The van der Waals surface area contributed by atoms with E-state index in [9.17, 15) is 9.90 Å². The number of likely N-dealkylation sites (N-methyl/N-ethyl adjacent to an activating group) is 1. The normalized spacial score (nSPS) is 24.0. The molecule has 29 heavy (non-hydrogen) atoms. The number of fused-ring (bicyclic) bond motifs is 1. The summed E-state index contributed by atoms with van der Waals surface area (Å²) >= 11 is 0. The Morgan fingerprint density at radius 3 is 2.93 bits per heavy atom. The van der Waals surface area contributed by atoms with Crippen LogP contribution in [0.1, 0.15) is 11.9 Å². The predicted molar refractivity (Wildman–Crippen MR) is 104 cm³/mol. The number of aliphatic hydroxyl groups is 1. The van der Waals surface area contributed by atoms with Gasteiger partial charge in [0, 0.05) is 31.9 Å². The lowest BCUT2D eigenvalue weighted by Crippen LogP contribution is -2.46. The number of nitrogens with zero attached hydrogens (tertiary/aromatic N) is 5. The highest BCUT2D eigenvalue weighted by molar-refractivity contribution is 5.83. The second kappa shape index (κ2) is 8.07. The fraction of sp³-hybridized carbons (Fsp3) is 0.389. The monoisotopic (exact) mass is 398 g/mol. The summed E-state index contributed by atoms with van der Waals surface area (Å²) in [5.74, 6) is 0.166. The summed E-state index contributed by atoms with van der Waals surface area (Å²) in [4.78, 5) is 29.1. The number of nitrogens with one attached hydrogen (secondary N) is 2. The summed E-state index contributed by atoms with van der Waals surface area (Å²) in [6.45, 7) is 0.613. The quantitative estimate of drug-likeness (QED) is 0.418. The van der Waals surface area contributed by atoms with Crippen LogP contribution in [0.2, 0.25) is 0 Å². The van der Waals surface area contributed by atoms with Crippen LogP contribution >= 0.6 is 0 Å². The van der Waals surface area contributed by atoms with Crippen LogP contribution in [-0.2, 0) is 16.0 Å². The Morgan fingerprint density at radius 2 is 2.17 bits per heavy atom. The van der Waals surface area contributed by atoms with Crippen molar-refractivity contribution in [2.24, 2.45) is 5.73 Å². The number of hydrogen-bond donors (Lipinski definition) is 4. The Morgan fingerprint density at radius 1 is 1.31 bits per heavy atom. The lowest BCUT2D eigenvalue weighted by molar-refractivity contribution is -0.134. The molecule has 3 aromatic heterocycles. The average molecular weight is 398 g/mol. The summed E-state index contributed by atoms with van der Waals surface area (Å²) in [6, 6.07) is 4.90. The standard InChI is InChI=1S/C18H22N8O3/c1-20-17(28)14-11(19)13(27)18(29-14)26-9-25-12-15(23-8-24-16(12)26)22-7-5-10-4-2-3-6-21-10/h2-4,6,8-9,11,13-14,18,27H,5,7,19H2,1H3,(H,20,28)(H,22,23,24)/t11-,13+,14-,18+/m0/s1. The third-order valence-electron chi connectivity index (χ3n) is 4.86. The maximum absolute atomic E-state index is 11.9. The first-order valence-electron chi connectivity index (χ1n) is 9.22. The van der Waals surface area contributed by atoms with Crippen LogP contribution < -0.4 is 16.4 Å². The number of anilines is 1. The lowest BCUT2D eigenvalue weighted by atomic mass is 10.1. The lowest BCUT2D eigenvalue weighted by Gasteiger charge is -2.16. The zero-order valence-electron chi connectivity index (χ0n) is 15.8. The van der Waals surface area contributed by atoms with Crippen LogP contribution in [0, 0.1) is 0 Å². The molecule has 0 unspecified atom stereocenters. The van der Waals surface area contributed by atoms with E-state index < -0.39 is 30.4 Å². The molecule has 1 amide bonds. The zero-order valence-corrected chi connectivity index (χ0v) is 15.8. The van der Waals surface area contributed by atoms with Gasteiger partial charge in [-0.15, -0.1) is 0 Å². The Labute approximate surface area is 166 Å². The van der Waals surface area contributed by atoms with Crippen LogP contribution in [0.3, 0.4) is 0 Å². The van der Waals surface area contributed by atoms with E-state index >= 15 is 0 Å². The molecule has 1 aliphatic heterocycles. The average Bonchev–Trinajstić information content (AvgIpc) is 3.30. The maximum Gasteiger partial charge on any atom is 0.250 e. The van der Waals surface area contributed by atoms with Gasteiger partial charge in [-0.25, -0.2) is 15.0 Å². The molecule has 11 heteroatoms. The van der Waals surface area contributed by atoms with Crippen LogP contribution in [0.5, 0.6) is 0 Å². The van der Waals surface area contributed by atoms with Gasteiger partial charge in [0.25, 0.3) is 5.91 Å². The zero-order chi connectivity index (χ0) is 20.4. The summed E-state index contributed by atoms with van der Waals surface area (Å²) in [5, 5.41) is 16.2. The number of nitrogens with two attached hydrogens (primary N) is 1. The number of amides is 1. The van der Waals surface area contributed by atoms with Gasteiger partial charge in [0.05, 0.1) is 12.4 Å². The van der Waals surface area contributed by atoms with Crippen molar-refractivity contribution < 1.29 is 14.6 Å². The predicted octanol–water partition coefficient (Wildman–Crippen LogP) is -0.792. The summed E-state index contributed by atoms with van der Waals surface area (Å²) < 4.78 is 7.28. The second-order valence-electron chi connectivity index (χ2n) is 6.67. The van der Waals surface area contributed by atoms with Gasteiger partial charge in [-0.1, -0.05) is 6.07 Å². The molecule has 3 aromatic rings. The largest absolute Gasteiger partial charge is 0.387 e. The maximum atomic E-state index is 11.9. The van der Waals surface area contributed by atoms with Gasteiger partial charge < -0.3 is 26.2 Å². The minimum absolute atomic E-state index is 0.394. The third kappa shape index (κ3) is 3.62. The molecule has 1 fully saturated rings. The molecule has 1 aliphatic rings. The van der Waals surface area contributed by atoms with E-state index in [1.807, 2.05) is 18.2 Å². The molecule has 0 radical (unpaired) electrons. The molecule has 5 N–H and O–H groups in total. The van der Waals surface area contributed by atoms with Gasteiger partial charge in [0.1, 0.15) is 12.4 Å². The fourth-order valence-corrected chi connectivity index (χ4v) is 3.32. The molecule has 1 saturated heterocycles. The Hall–Kier alpha value is -3.15. The van der Waals surface area contributed by atoms with Crippen molar-refractivity contribution in [3.8, 4) is 0 Å². The molecule has 0 aliphatic carbocycles. The van der Waals surface area contributed by atoms with E-state index in [0.717, 1.165) is 12.1 Å². The van der Waals surface area contributed by atoms with Crippen molar-refractivity contribution in [2.45, 2.75) is 30.9 Å². The Balaban J connectivity index is 1.54. The molecular formula is C18H22N8O3. The Kier molecular flexibility index (Phi) is 5.34. The van der Waals surface area contributed by atoms with Crippen molar-refractivity contribution in [1.82, 2.24) is 29.8 Å². The number of aromatic nitrogens is 5. The minimum Gasteiger partial charge on any atom is -0.387 e. The van der Waals surface area contributed by atoms with Gasteiger partial charge in [0.15, 0.2) is 29.3 Å². The first-order chi connectivity index (χ1) is 14.1. The SMILES string of the molecule is CNC(=O)[C@H]1O[C@@H](n2cnc3c(NCCc4ccccn4)ncnc32)[C@H](O)[C@@H]1N. The van der Waals surface area contributed by atoms with Crippen molar-refractivity contribution in [1.29, 1.82) is 0 Å². The topological polar surface area (TPSA) is 153 Å². The van der Waals surface area contributed by atoms with Gasteiger partial charge in [-0.3, -0.25) is 14.3 Å². The summed E-state index contributed by atoms with van der Waals surface area (Å²) in [7, 11) is 1.49. The second-order valence-corrected chi connectivity index (χ2v) is 6.67. The smallest absolute Gasteiger partial charge is 0.250 e. The van der Waals surface area contributed by atoms with Crippen molar-refractivity contribution in [3.05, 3.63) is 42.7 Å². The number of imidazole rings is 1. The highest BCUT2D eigenvalue weighted by Crippen LogP contribution is 2.31. The number of hydrogen-bond acceptors (Lipinski definition) is 9. The third-order valence-corrected chi connectivity index (χ3v) is 4.86. The van der Waals surface area contributed by atoms with E-state index in [1.165, 1.54) is 19.7 Å². The van der Waals surface area contributed by atoms with Crippen LogP contribution in [-0.4, -0.2) is 67.4 Å². The molecule has 4 atom stereocenters. The summed E-state index contributed by atoms with van der Waals surface area (Å²) in [6.07, 6.45) is 2.44. The molecule has 4 rings (SSSR count). The summed E-state index contributed by atoms with van der Waals surface area (Å²) in [5.41, 5.74) is 7.93. The molecule has 0 aromatic carbocycles. The van der Waals surface area contributed by atoms with Gasteiger partial charge in [-0.05, 0) is 12.1 Å². The number of ether oxygens (including phenoxy) is 1. The number of carbonyl (C=O) groups is 1. The van der Waals surface area contributed by atoms with Crippen molar-refractivity contribution in [3.63, 3.8) is 0 Å². The van der Waals surface area contributed by atoms with Crippen molar-refractivity contribution in [2.75, 3.05) is 18.9 Å². The van der Waals surface area contributed by atoms with Crippen molar-refractivity contribution >= 4 is 22.9 Å². The number of carbonyl (C=O) groups excluding carboxylic acids is 1. The van der Waals surface area contributed by atoms with E-state index in [2.05, 4.69) is 30.6 Å². The first-order valence-corrected chi connectivity index (χ1v) is 9.22. The van der Waals surface area contributed by atoms with E-state index in [-0.39, 0.29) is 0 Å². The molecular weight excluding hydrogens is 376 g/mol. The van der Waals surface area contributed by atoms with E-state index in [1.54, 1.807) is 10.8 Å². The number of pyridine rings is 1. The molecule has 0 spiro atoms. The molecule has 4 heterocycles. The van der Waals surface area contributed by atoms with Gasteiger partial charge in [0.2, 0.25) is 0 Å². The highest BCUT2D eigenvalue weighted by atomic mass is 16.5. The fourth-order valence-electron chi connectivity index (χ4n) is 3.32. The minimum atomic E-state index is -1.09. The van der Waals surface area contributed by atoms with Gasteiger partial charge >= 0.3 is 0 Å². The highest BCUT2D eigenvalue weighted by Gasteiger charge is 2.46. The first kappa shape index (κ1) is 19.2. The molecule has 0 saturated carbocycles. The van der Waals surface area contributed by atoms with E-state index in [0.29, 0.717) is 23.5 Å².